The van der Waals surface area contributed by atoms with Crippen LogP contribution in [0.25, 0.3) is 11.1 Å². The number of carboxylic acids is 1. The maximum absolute atomic E-state index is 10.9. The number of unbranched alkanes of at least 4 members (excludes halogenated alkanes) is 1. The van der Waals surface area contributed by atoms with Crippen LogP contribution in [0.15, 0.2) is 22.6 Å². The fourth-order valence-electron chi connectivity index (χ4n) is 2.21. The number of aromatic carboxylic acids is 1. The Kier molecular flexibility index (Phi) is 4.20. The first kappa shape index (κ1) is 13.6. The number of hydrogen-bond donors (Lipinski definition) is 1. The number of carboxylic acid groups (broad SMARTS) is 1. The van der Waals surface area contributed by atoms with E-state index in [0.29, 0.717) is 17.0 Å². The van der Waals surface area contributed by atoms with Crippen molar-refractivity contribution in [2.24, 2.45) is 0 Å². The van der Waals surface area contributed by atoms with Crippen LogP contribution in [0.3, 0.4) is 0 Å². The van der Waals surface area contributed by atoms with Crippen molar-refractivity contribution in [1.29, 1.82) is 0 Å². The van der Waals surface area contributed by atoms with Gasteiger partial charge in [0.25, 0.3) is 0 Å². The molecule has 1 aromatic heterocycles. The molecule has 2 aromatic rings. The second-order valence-corrected chi connectivity index (χ2v) is 4.79. The minimum absolute atomic E-state index is 0.244. The first-order chi connectivity index (χ1) is 9.15. The largest absolute Gasteiger partial charge is 0.478 e. The summed E-state index contributed by atoms with van der Waals surface area (Å²) in [6, 6.07) is 4.80. The zero-order chi connectivity index (χ0) is 13.8. The van der Waals surface area contributed by atoms with Crippen LogP contribution < -0.4 is 0 Å². The van der Waals surface area contributed by atoms with Gasteiger partial charge in [0.1, 0.15) is 5.52 Å². The summed E-state index contributed by atoms with van der Waals surface area (Å²) in [5, 5.41) is 8.96. The highest BCUT2D eigenvalue weighted by atomic mass is 16.4. The Hall–Kier alpha value is -1.84. The van der Waals surface area contributed by atoms with Crippen molar-refractivity contribution in [3.8, 4) is 0 Å². The number of nitrogens with zero attached hydrogens (tertiary/aromatic N) is 1. The molecule has 0 aliphatic carbocycles. The number of oxazole rings is 1. The van der Waals surface area contributed by atoms with Gasteiger partial charge in [-0.25, -0.2) is 9.78 Å². The van der Waals surface area contributed by atoms with Gasteiger partial charge in [0, 0.05) is 5.92 Å². The van der Waals surface area contributed by atoms with Gasteiger partial charge in [0.15, 0.2) is 11.5 Å². The molecule has 4 heteroatoms. The van der Waals surface area contributed by atoms with E-state index in [4.69, 9.17) is 9.52 Å². The normalized spacial score (nSPS) is 12.7. The highest BCUT2D eigenvalue weighted by Crippen LogP contribution is 2.28. The van der Waals surface area contributed by atoms with Crippen LogP contribution in [0, 0.1) is 0 Å². The molecule has 1 heterocycles. The van der Waals surface area contributed by atoms with Crippen LogP contribution in [0.1, 0.15) is 61.7 Å². The number of benzene rings is 1. The number of rotatable bonds is 6. The molecule has 102 valence electrons. The minimum Gasteiger partial charge on any atom is -0.478 e. The summed E-state index contributed by atoms with van der Waals surface area (Å²) < 4.78 is 5.75. The lowest BCUT2D eigenvalue weighted by Gasteiger charge is -2.08. The minimum atomic E-state index is -0.940. The molecule has 2 rings (SSSR count). The zero-order valence-electron chi connectivity index (χ0n) is 11.3. The van der Waals surface area contributed by atoms with Crippen LogP contribution in [0.2, 0.25) is 0 Å². The summed E-state index contributed by atoms with van der Waals surface area (Å²) in [5.41, 5.74) is 1.54. The number of carbonyl (C=O) groups is 1. The van der Waals surface area contributed by atoms with E-state index >= 15 is 0 Å². The first-order valence-electron chi connectivity index (χ1n) is 6.79. The molecule has 0 saturated carbocycles. The van der Waals surface area contributed by atoms with Gasteiger partial charge in [-0.15, -0.1) is 0 Å². The van der Waals surface area contributed by atoms with Gasteiger partial charge in [-0.2, -0.15) is 0 Å². The summed E-state index contributed by atoms with van der Waals surface area (Å²) in [5.74, 6) is 0.110. The van der Waals surface area contributed by atoms with Crippen molar-refractivity contribution in [2.45, 2.75) is 45.4 Å². The standard InChI is InChI=1S/C15H19NO3/c1-3-5-6-10(4-2)14-16-12-9-11(15(17)18)7-8-13(12)19-14/h7-10H,3-6H2,1-2H3,(H,17,18). The van der Waals surface area contributed by atoms with E-state index in [1.54, 1.807) is 18.2 Å². The molecule has 0 saturated heterocycles. The van der Waals surface area contributed by atoms with E-state index in [1.807, 2.05) is 0 Å². The molecule has 0 amide bonds. The average molecular weight is 261 g/mol. The van der Waals surface area contributed by atoms with E-state index in [-0.39, 0.29) is 5.56 Å². The molecule has 1 unspecified atom stereocenters. The monoisotopic (exact) mass is 261 g/mol. The smallest absolute Gasteiger partial charge is 0.335 e. The number of aromatic nitrogens is 1. The summed E-state index contributed by atoms with van der Waals surface area (Å²) in [6.45, 7) is 4.29. The van der Waals surface area contributed by atoms with Gasteiger partial charge < -0.3 is 9.52 Å². The van der Waals surface area contributed by atoms with Crippen molar-refractivity contribution >= 4 is 17.1 Å². The van der Waals surface area contributed by atoms with E-state index < -0.39 is 5.97 Å². The lowest BCUT2D eigenvalue weighted by atomic mass is 9.99. The number of hydrogen-bond acceptors (Lipinski definition) is 3. The molecule has 1 N–H and O–H groups in total. The fraction of sp³-hybridized carbons (Fsp3) is 0.467. The first-order valence-corrected chi connectivity index (χ1v) is 6.79. The SMILES string of the molecule is CCCCC(CC)c1nc2cc(C(=O)O)ccc2o1. The molecule has 1 atom stereocenters. The second-order valence-electron chi connectivity index (χ2n) is 4.79. The third-order valence-corrected chi connectivity index (χ3v) is 3.40. The maximum atomic E-state index is 10.9. The number of fused-ring (bicyclic) bond motifs is 1. The molecule has 0 radical (unpaired) electrons. The molecular formula is C15H19NO3. The Balaban J connectivity index is 2.31. The zero-order valence-corrected chi connectivity index (χ0v) is 11.3. The molecular weight excluding hydrogens is 242 g/mol. The summed E-state index contributed by atoms with van der Waals surface area (Å²) in [7, 11) is 0. The van der Waals surface area contributed by atoms with E-state index in [0.717, 1.165) is 31.6 Å². The molecule has 0 aliphatic rings. The molecule has 1 aromatic carbocycles. The fourth-order valence-corrected chi connectivity index (χ4v) is 2.21. The quantitative estimate of drug-likeness (QED) is 0.846. The molecule has 0 aliphatic heterocycles. The second kappa shape index (κ2) is 5.87. The molecule has 19 heavy (non-hydrogen) atoms. The van der Waals surface area contributed by atoms with Crippen molar-refractivity contribution in [1.82, 2.24) is 4.98 Å². The van der Waals surface area contributed by atoms with Crippen LogP contribution in [-0.4, -0.2) is 16.1 Å². The van der Waals surface area contributed by atoms with Crippen LogP contribution in [0.5, 0.6) is 0 Å². The summed E-state index contributed by atoms with van der Waals surface area (Å²) in [4.78, 5) is 15.4. The lowest BCUT2D eigenvalue weighted by Crippen LogP contribution is -1.97. The Morgan fingerprint density at radius 2 is 2.21 bits per heavy atom. The van der Waals surface area contributed by atoms with E-state index in [9.17, 15) is 4.79 Å². The lowest BCUT2D eigenvalue weighted by molar-refractivity contribution is 0.0697. The highest BCUT2D eigenvalue weighted by Gasteiger charge is 2.16. The average Bonchev–Trinajstić information content (AvgIpc) is 2.82. The molecule has 4 nitrogen and oxygen atoms in total. The Labute approximate surface area is 112 Å². The van der Waals surface area contributed by atoms with Crippen LogP contribution >= 0.6 is 0 Å². The van der Waals surface area contributed by atoms with Crippen molar-refractivity contribution in [3.05, 3.63) is 29.7 Å². The Bertz CT molecular complexity index is 574. The third kappa shape index (κ3) is 2.95. The van der Waals surface area contributed by atoms with Crippen LogP contribution in [-0.2, 0) is 0 Å². The topological polar surface area (TPSA) is 63.3 Å². The van der Waals surface area contributed by atoms with Gasteiger partial charge >= 0.3 is 5.97 Å². The van der Waals surface area contributed by atoms with Crippen molar-refractivity contribution < 1.29 is 14.3 Å². The molecule has 0 spiro atoms. The van der Waals surface area contributed by atoms with Gasteiger partial charge in [-0.3, -0.25) is 0 Å². The van der Waals surface area contributed by atoms with Gasteiger partial charge in [0.05, 0.1) is 5.56 Å². The molecule has 0 fully saturated rings. The summed E-state index contributed by atoms with van der Waals surface area (Å²) >= 11 is 0. The van der Waals surface area contributed by atoms with Crippen LogP contribution in [0.4, 0.5) is 0 Å². The van der Waals surface area contributed by atoms with E-state index in [1.165, 1.54) is 0 Å². The highest BCUT2D eigenvalue weighted by molar-refractivity contribution is 5.91. The predicted molar refractivity (Wildman–Crippen MR) is 73.5 cm³/mol. The maximum Gasteiger partial charge on any atom is 0.335 e. The van der Waals surface area contributed by atoms with Gasteiger partial charge in [0.2, 0.25) is 0 Å². The molecule has 0 bridgehead atoms. The summed E-state index contributed by atoms with van der Waals surface area (Å²) in [6.07, 6.45) is 4.35. The predicted octanol–water partition coefficient (Wildman–Crippen LogP) is 4.21. The van der Waals surface area contributed by atoms with E-state index in [2.05, 4.69) is 18.8 Å². The van der Waals surface area contributed by atoms with Gasteiger partial charge in [-0.1, -0.05) is 26.7 Å². The van der Waals surface area contributed by atoms with Crippen molar-refractivity contribution in [3.63, 3.8) is 0 Å². The third-order valence-electron chi connectivity index (χ3n) is 3.40. The Morgan fingerprint density at radius 3 is 2.84 bits per heavy atom. The van der Waals surface area contributed by atoms with Gasteiger partial charge in [-0.05, 0) is 31.0 Å². The Morgan fingerprint density at radius 1 is 1.42 bits per heavy atom. The van der Waals surface area contributed by atoms with Crippen molar-refractivity contribution in [2.75, 3.05) is 0 Å².